The Labute approximate surface area is 159 Å². The SMILES string of the molecule is C=Cc1cnc2c(Nc3cccc(-c4ccccc4C)c3C)nccc2c1. The van der Waals surface area contributed by atoms with Gasteiger partial charge < -0.3 is 5.32 Å². The minimum Gasteiger partial charge on any atom is -0.338 e. The van der Waals surface area contributed by atoms with E-state index in [1.165, 1.54) is 22.3 Å². The lowest BCUT2D eigenvalue weighted by molar-refractivity contribution is 1.28. The highest BCUT2D eigenvalue weighted by Crippen LogP contribution is 2.32. The molecule has 0 aliphatic rings. The topological polar surface area (TPSA) is 37.8 Å². The molecule has 0 radical (unpaired) electrons. The maximum Gasteiger partial charge on any atom is 0.156 e. The Morgan fingerprint density at radius 1 is 0.926 bits per heavy atom. The molecule has 0 atom stereocenters. The summed E-state index contributed by atoms with van der Waals surface area (Å²) in [6.45, 7) is 8.09. The van der Waals surface area contributed by atoms with E-state index in [-0.39, 0.29) is 0 Å². The van der Waals surface area contributed by atoms with Crippen LogP contribution in [-0.2, 0) is 0 Å². The van der Waals surface area contributed by atoms with Gasteiger partial charge in [-0.05, 0) is 59.9 Å². The average molecular weight is 351 g/mol. The van der Waals surface area contributed by atoms with Crippen molar-refractivity contribution < 1.29 is 0 Å². The second-order valence-electron chi connectivity index (χ2n) is 6.62. The predicted molar refractivity (Wildman–Crippen MR) is 114 cm³/mol. The van der Waals surface area contributed by atoms with E-state index < -0.39 is 0 Å². The molecule has 0 aliphatic carbocycles. The second kappa shape index (κ2) is 7.04. The number of nitrogens with zero attached hydrogens (tertiary/aromatic N) is 2. The van der Waals surface area contributed by atoms with Crippen LogP contribution in [0.15, 0.2) is 73.6 Å². The highest BCUT2D eigenvalue weighted by Gasteiger charge is 2.10. The lowest BCUT2D eigenvalue weighted by Gasteiger charge is -2.15. The number of hydrogen-bond acceptors (Lipinski definition) is 3. The van der Waals surface area contributed by atoms with Crippen LogP contribution in [0.3, 0.4) is 0 Å². The first-order chi connectivity index (χ1) is 13.2. The molecule has 4 rings (SSSR count). The van der Waals surface area contributed by atoms with Gasteiger partial charge in [-0.2, -0.15) is 0 Å². The number of anilines is 2. The fourth-order valence-electron chi connectivity index (χ4n) is 3.35. The Kier molecular flexibility index (Phi) is 4.43. The molecule has 0 saturated heterocycles. The van der Waals surface area contributed by atoms with Crippen LogP contribution in [0.2, 0.25) is 0 Å². The molecule has 0 amide bonds. The minimum atomic E-state index is 0.758. The van der Waals surface area contributed by atoms with Crippen LogP contribution in [0.25, 0.3) is 28.1 Å². The van der Waals surface area contributed by atoms with Gasteiger partial charge in [-0.15, -0.1) is 0 Å². The third kappa shape index (κ3) is 3.20. The molecule has 0 aliphatic heterocycles. The van der Waals surface area contributed by atoms with Crippen molar-refractivity contribution in [2.75, 3.05) is 5.32 Å². The molecule has 27 heavy (non-hydrogen) atoms. The molecular weight excluding hydrogens is 330 g/mol. The summed E-state index contributed by atoms with van der Waals surface area (Å²) in [4.78, 5) is 9.10. The number of fused-ring (bicyclic) bond motifs is 1. The third-order valence-electron chi connectivity index (χ3n) is 4.88. The van der Waals surface area contributed by atoms with Crippen LogP contribution in [0.1, 0.15) is 16.7 Å². The summed E-state index contributed by atoms with van der Waals surface area (Å²) in [5.41, 5.74) is 7.80. The Morgan fingerprint density at radius 2 is 1.74 bits per heavy atom. The molecule has 3 heteroatoms. The van der Waals surface area contributed by atoms with Crippen LogP contribution in [0.4, 0.5) is 11.5 Å². The average Bonchev–Trinajstić information content (AvgIpc) is 2.70. The van der Waals surface area contributed by atoms with Crippen LogP contribution in [0, 0.1) is 13.8 Å². The number of benzene rings is 2. The van der Waals surface area contributed by atoms with Gasteiger partial charge in [-0.1, -0.05) is 49.1 Å². The maximum absolute atomic E-state index is 4.58. The Bertz CT molecular complexity index is 1150. The lowest BCUT2D eigenvalue weighted by atomic mass is 9.95. The first-order valence-corrected chi connectivity index (χ1v) is 8.97. The van der Waals surface area contributed by atoms with Crippen molar-refractivity contribution in [1.29, 1.82) is 0 Å². The van der Waals surface area contributed by atoms with Crippen LogP contribution in [0.5, 0.6) is 0 Å². The predicted octanol–water partition coefficient (Wildman–Crippen LogP) is 6.30. The minimum absolute atomic E-state index is 0.758. The van der Waals surface area contributed by atoms with Gasteiger partial charge in [0.25, 0.3) is 0 Å². The molecule has 0 saturated carbocycles. The Balaban J connectivity index is 1.78. The van der Waals surface area contributed by atoms with Crippen molar-refractivity contribution in [2.24, 2.45) is 0 Å². The highest BCUT2D eigenvalue weighted by atomic mass is 15.0. The first kappa shape index (κ1) is 17.0. The van der Waals surface area contributed by atoms with E-state index in [9.17, 15) is 0 Å². The number of pyridine rings is 2. The van der Waals surface area contributed by atoms with Gasteiger partial charge in [0.2, 0.25) is 0 Å². The van der Waals surface area contributed by atoms with E-state index in [1.54, 1.807) is 12.3 Å². The van der Waals surface area contributed by atoms with Crippen LogP contribution < -0.4 is 5.32 Å². The van der Waals surface area contributed by atoms with Crippen molar-refractivity contribution >= 4 is 28.5 Å². The fourth-order valence-corrected chi connectivity index (χ4v) is 3.35. The van der Waals surface area contributed by atoms with Crippen LogP contribution in [-0.4, -0.2) is 9.97 Å². The number of rotatable bonds is 4. The monoisotopic (exact) mass is 351 g/mol. The molecule has 132 valence electrons. The summed E-state index contributed by atoms with van der Waals surface area (Å²) in [5, 5.41) is 4.52. The first-order valence-electron chi connectivity index (χ1n) is 8.97. The number of nitrogens with one attached hydrogen (secondary N) is 1. The van der Waals surface area contributed by atoms with E-state index in [1.807, 2.05) is 12.3 Å². The smallest absolute Gasteiger partial charge is 0.156 e. The normalized spacial score (nSPS) is 10.7. The summed E-state index contributed by atoms with van der Waals surface area (Å²) < 4.78 is 0. The molecule has 0 fully saturated rings. The molecule has 2 heterocycles. The zero-order chi connectivity index (χ0) is 18.8. The lowest BCUT2D eigenvalue weighted by Crippen LogP contribution is -1.99. The third-order valence-corrected chi connectivity index (χ3v) is 4.88. The van der Waals surface area contributed by atoms with E-state index in [4.69, 9.17) is 0 Å². The number of aromatic nitrogens is 2. The zero-order valence-corrected chi connectivity index (χ0v) is 15.5. The van der Waals surface area contributed by atoms with Gasteiger partial charge in [-0.25, -0.2) is 4.98 Å². The quantitative estimate of drug-likeness (QED) is 0.469. The Hall–Kier alpha value is -3.46. The molecule has 0 bridgehead atoms. The van der Waals surface area contributed by atoms with Gasteiger partial charge in [0.15, 0.2) is 5.82 Å². The summed E-state index contributed by atoms with van der Waals surface area (Å²) in [7, 11) is 0. The summed E-state index contributed by atoms with van der Waals surface area (Å²) in [6, 6.07) is 18.8. The molecule has 4 aromatic rings. The van der Waals surface area contributed by atoms with Crippen LogP contribution >= 0.6 is 0 Å². The van der Waals surface area contributed by atoms with Gasteiger partial charge in [0.05, 0.1) is 0 Å². The molecule has 2 aromatic carbocycles. The molecule has 3 nitrogen and oxygen atoms in total. The molecule has 0 spiro atoms. The van der Waals surface area contributed by atoms with E-state index in [2.05, 4.69) is 84.2 Å². The molecule has 0 unspecified atom stereocenters. The standard InChI is InChI=1S/C24H21N3/c1-4-18-14-19-12-13-25-24(23(19)26-15-18)27-22-11-7-10-21(17(22)3)20-9-6-5-8-16(20)2/h4-15H,1H2,2-3H3,(H,25,27). The van der Waals surface area contributed by atoms with E-state index in [0.717, 1.165) is 28.0 Å². The molecular formula is C24H21N3. The fraction of sp³-hybridized carbons (Fsp3) is 0.0833. The van der Waals surface area contributed by atoms with Crippen molar-refractivity contribution in [2.45, 2.75) is 13.8 Å². The molecule has 2 aromatic heterocycles. The second-order valence-corrected chi connectivity index (χ2v) is 6.62. The zero-order valence-electron chi connectivity index (χ0n) is 15.5. The Morgan fingerprint density at radius 3 is 2.56 bits per heavy atom. The summed E-state index contributed by atoms with van der Waals surface area (Å²) >= 11 is 0. The number of hydrogen-bond donors (Lipinski definition) is 1. The highest BCUT2D eigenvalue weighted by molar-refractivity contribution is 5.91. The summed E-state index contributed by atoms with van der Waals surface area (Å²) in [6.07, 6.45) is 5.42. The van der Waals surface area contributed by atoms with E-state index in [0.29, 0.717) is 0 Å². The summed E-state index contributed by atoms with van der Waals surface area (Å²) in [5.74, 6) is 0.758. The van der Waals surface area contributed by atoms with Gasteiger partial charge in [-0.3, -0.25) is 4.98 Å². The maximum atomic E-state index is 4.58. The van der Waals surface area contributed by atoms with Gasteiger partial charge >= 0.3 is 0 Å². The van der Waals surface area contributed by atoms with Crippen molar-refractivity contribution in [1.82, 2.24) is 9.97 Å². The van der Waals surface area contributed by atoms with Gasteiger partial charge in [0.1, 0.15) is 5.52 Å². The van der Waals surface area contributed by atoms with Gasteiger partial charge in [0, 0.05) is 23.5 Å². The van der Waals surface area contributed by atoms with Crippen molar-refractivity contribution in [3.63, 3.8) is 0 Å². The van der Waals surface area contributed by atoms with E-state index >= 15 is 0 Å². The molecule has 1 N–H and O–H groups in total. The van der Waals surface area contributed by atoms with Crippen molar-refractivity contribution in [3.8, 4) is 11.1 Å². The number of aryl methyl sites for hydroxylation is 1. The largest absolute Gasteiger partial charge is 0.338 e. The van der Waals surface area contributed by atoms with Crippen molar-refractivity contribution in [3.05, 3.63) is 90.3 Å².